The number of benzene rings is 1. The fourth-order valence-electron chi connectivity index (χ4n) is 2.68. The third-order valence-corrected chi connectivity index (χ3v) is 3.85. The summed E-state index contributed by atoms with van der Waals surface area (Å²) in [6.45, 7) is 10.5. The van der Waals surface area contributed by atoms with Gasteiger partial charge < -0.3 is 15.2 Å². The maximum atomic E-state index is 12.5. The summed E-state index contributed by atoms with van der Waals surface area (Å²) < 4.78 is 11.3. The molecular weight excluding hydrogens is 306 g/mol. The van der Waals surface area contributed by atoms with Gasteiger partial charge in [-0.05, 0) is 58.7 Å². The van der Waals surface area contributed by atoms with Crippen LogP contribution in [-0.2, 0) is 15.9 Å². The van der Waals surface area contributed by atoms with Crippen LogP contribution < -0.4 is 11.1 Å². The van der Waals surface area contributed by atoms with Gasteiger partial charge in [-0.1, -0.05) is 12.1 Å². The predicted octanol–water partition coefficient (Wildman–Crippen LogP) is 2.73. The van der Waals surface area contributed by atoms with Crippen molar-refractivity contribution < 1.29 is 14.3 Å². The lowest BCUT2D eigenvalue weighted by molar-refractivity contribution is -0.0635. The monoisotopic (exact) mass is 335 g/mol. The molecule has 1 heterocycles. The smallest absolute Gasteiger partial charge is 0.413 e. The highest BCUT2D eigenvalue weighted by molar-refractivity contribution is 5.69. The molecule has 6 heteroatoms. The molecular formula is C18H29N3O3. The minimum Gasteiger partial charge on any atom is -0.444 e. The van der Waals surface area contributed by atoms with Crippen molar-refractivity contribution in [1.29, 1.82) is 0 Å². The first-order valence-corrected chi connectivity index (χ1v) is 8.32. The van der Waals surface area contributed by atoms with Gasteiger partial charge in [0.25, 0.3) is 0 Å². The van der Waals surface area contributed by atoms with Crippen LogP contribution in [0.5, 0.6) is 0 Å². The summed E-state index contributed by atoms with van der Waals surface area (Å²) in [5.41, 5.74) is 6.42. The molecule has 1 fully saturated rings. The second kappa shape index (κ2) is 6.99. The van der Waals surface area contributed by atoms with Crippen LogP contribution in [0.3, 0.4) is 0 Å². The summed E-state index contributed by atoms with van der Waals surface area (Å²) in [5.74, 6) is 0. The number of ether oxygens (including phenoxy) is 2. The lowest BCUT2D eigenvalue weighted by Crippen LogP contribution is -2.54. The molecule has 0 bridgehead atoms. The summed E-state index contributed by atoms with van der Waals surface area (Å²) in [7, 11) is 0. The number of anilines is 1. The van der Waals surface area contributed by atoms with Gasteiger partial charge in [0.2, 0.25) is 0 Å². The van der Waals surface area contributed by atoms with E-state index in [0.717, 1.165) is 18.7 Å². The van der Waals surface area contributed by atoms with Crippen molar-refractivity contribution in [1.82, 2.24) is 10.2 Å². The lowest BCUT2D eigenvalue weighted by Gasteiger charge is -2.35. The van der Waals surface area contributed by atoms with Crippen LogP contribution in [0.25, 0.3) is 0 Å². The van der Waals surface area contributed by atoms with Crippen LogP contribution in [0.1, 0.15) is 40.2 Å². The van der Waals surface area contributed by atoms with Gasteiger partial charge in [-0.3, -0.25) is 10.2 Å². The van der Waals surface area contributed by atoms with Gasteiger partial charge in [0.15, 0.2) is 0 Å². The molecule has 2 rings (SSSR count). The molecule has 6 nitrogen and oxygen atoms in total. The molecule has 1 atom stereocenters. The van der Waals surface area contributed by atoms with Crippen LogP contribution in [0, 0.1) is 0 Å². The molecule has 0 aliphatic carbocycles. The second-order valence-electron chi connectivity index (χ2n) is 7.57. The molecule has 1 aromatic carbocycles. The summed E-state index contributed by atoms with van der Waals surface area (Å²) >= 11 is 0. The highest BCUT2D eigenvalue weighted by atomic mass is 16.6. The molecule has 134 valence electrons. The predicted molar refractivity (Wildman–Crippen MR) is 94.5 cm³/mol. The van der Waals surface area contributed by atoms with Crippen LogP contribution in [-0.4, -0.2) is 41.6 Å². The van der Waals surface area contributed by atoms with Gasteiger partial charge >= 0.3 is 6.09 Å². The second-order valence-corrected chi connectivity index (χ2v) is 7.57. The molecule has 1 aromatic rings. The maximum absolute atomic E-state index is 12.5. The van der Waals surface area contributed by atoms with E-state index >= 15 is 0 Å². The van der Waals surface area contributed by atoms with Crippen LogP contribution in [0.2, 0.25) is 0 Å². The Hall–Kier alpha value is -1.79. The number of amides is 1. The van der Waals surface area contributed by atoms with Crippen LogP contribution in [0.15, 0.2) is 24.3 Å². The highest BCUT2D eigenvalue weighted by Crippen LogP contribution is 2.28. The van der Waals surface area contributed by atoms with Gasteiger partial charge in [0.1, 0.15) is 17.5 Å². The molecule has 0 aromatic heterocycles. The van der Waals surface area contributed by atoms with Gasteiger partial charge in [-0.25, -0.2) is 4.79 Å². The number of hydrogen-bond acceptors (Lipinski definition) is 5. The lowest BCUT2D eigenvalue weighted by atomic mass is 10.1. The fourth-order valence-corrected chi connectivity index (χ4v) is 2.68. The average molecular weight is 335 g/mol. The average Bonchev–Trinajstić information content (AvgIpc) is 2.74. The maximum Gasteiger partial charge on any atom is 0.413 e. The number of nitrogens with one attached hydrogen (secondary N) is 1. The minimum atomic E-state index is -0.693. The SMILES string of the molecule is CC(C)(C)OC(=O)N1C(NCCc2ccc(N)cc2)COC1(C)C. The van der Waals surface area contributed by atoms with Crippen molar-refractivity contribution in [3.05, 3.63) is 29.8 Å². The van der Waals surface area contributed by atoms with Crippen molar-refractivity contribution in [2.45, 2.75) is 58.5 Å². The van der Waals surface area contributed by atoms with Crippen molar-refractivity contribution in [3.63, 3.8) is 0 Å². The molecule has 0 radical (unpaired) electrons. The zero-order valence-electron chi connectivity index (χ0n) is 15.3. The van der Waals surface area contributed by atoms with Gasteiger partial charge in [0, 0.05) is 12.2 Å². The molecule has 0 saturated carbocycles. The number of hydrogen-bond donors (Lipinski definition) is 2. The van der Waals surface area contributed by atoms with Gasteiger partial charge in [-0.15, -0.1) is 0 Å². The summed E-state index contributed by atoms with van der Waals surface area (Å²) in [5, 5.41) is 3.39. The molecule has 24 heavy (non-hydrogen) atoms. The summed E-state index contributed by atoms with van der Waals surface area (Å²) in [6, 6.07) is 7.81. The van der Waals surface area contributed by atoms with E-state index in [1.807, 2.05) is 58.9 Å². The standard InChI is InChI=1S/C18H29N3O3/c1-17(2,3)24-16(22)21-15(12-23-18(21,4)5)20-11-10-13-6-8-14(19)9-7-13/h6-9,15,20H,10-12,19H2,1-5H3. The Kier molecular flexibility index (Phi) is 5.40. The number of nitrogens with two attached hydrogens (primary N) is 1. The molecule has 1 saturated heterocycles. The normalized spacial score (nSPS) is 20.2. The van der Waals surface area contributed by atoms with E-state index in [2.05, 4.69) is 5.32 Å². The van der Waals surface area contributed by atoms with Crippen LogP contribution >= 0.6 is 0 Å². The Bertz CT molecular complexity index is 564. The van der Waals surface area contributed by atoms with E-state index in [1.165, 1.54) is 5.56 Å². The Balaban J connectivity index is 1.95. The Morgan fingerprint density at radius 2 is 2.00 bits per heavy atom. The molecule has 1 unspecified atom stereocenters. The number of nitrogens with zero attached hydrogens (tertiary/aromatic N) is 1. The number of carbonyl (C=O) groups is 1. The number of rotatable bonds is 4. The Labute approximate surface area is 144 Å². The quantitative estimate of drug-likeness (QED) is 0.827. The minimum absolute atomic E-state index is 0.205. The van der Waals surface area contributed by atoms with Crippen molar-refractivity contribution in [3.8, 4) is 0 Å². The third kappa shape index (κ3) is 4.85. The van der Waals surface area contributed by atoms with E-state index in [9.17, 15) is 4.79 Å². The van der Waals surface area contributed by atoms with Crippen molar-refractivity contribution in [2.75, 3.05) is 18.9 Å². The summed E-state index contributed by atoms with van der Waals surface area (Å²) in [6.07, 6.45) is 0.276. The van der Waals surface area contributed by atoms with Gasteiger partial charge in [-0.2, -0.15) is 0 Å². The molecule has 1 aliphatic rings. The van der Waals surface area contributed by atoms with Crippen LogP contribution in [0.4, 0.5) is 10.5 Å². The first-order valence-electron chi connectivity index (χ1n) is 8.32. The van der Waals surface area contributed by atoms with E-state index in [1.54, 1.807) is 4.90 Å². The fraction of sp³-hybridized carbons (Fsp3) is 0.611. The first-order chi connectivity index (χ1) is 11.1. The number of carbonyl (C=O) groups excluding carboxylic acids is 1. The molecule has 3 N–H and O–H groups in total. The Morgan fingerprint density at radius 1 is 1.38 bits per heavy atom. The van der Waals surface area contributed by atoms with Crippen molar-refractivity contribution >= 4 is 11.8 Å². The van der Waals surface area contributed by atoms with E-state index < -0.39 is 11.3 Å². The summed E-state index contributed by atoms with van der Waals surface area (Å²) in [4.78, 5) is 14.2. The van der Waals surface area contributed by atoms with E-state index in [0.29, 0.717) is 6.61 Å². The topological polar surface area (TPSA) is 76.8 Å². The van der Waals surface area contributed by atoms with E-state index in [4.69, 9.17) is 15.2 Å². The highest BCUT2D eigenvalue weighted by Gasteiger charge is 2.45. The number of nitrogen functional groups attached to an aromatic ring is 1. The largest absolute Gasteiger partial charge is 0.444 e. The first kappa shape index (κ1) is 18.5. The Morgan fingerprint density at radius 3 is 2.58 bits per heavy atom. The zero-order chi connectivity index (χ0) is 18.0. The molecule has 1 amide bonds. The zero-order valence-corrected chi connectivity index (χ0v) is 15.3. The van der Waals surface area contributed by atoms with Gasteiger partial charge in [0.05, 0.1) is 6.61 Å². The molecule has 0 spiro atoms. The third-order valence-electron chi connectivity index (χ3n) is 3.85. The molecule has 1 aliphatic heterocycles. The van der Waals surface area contributed by atoms with E-state index in [-0.39, 0.29) is 12.3 Å². The van der Waals surface area contributed by atoms with Crippen molar-refractivity contribution in [2.24, 2.45) is 0 Å².